The average molecular weight is 287 g/mol. The van der Waals surface area contributed by atoms with E-state index in [1.165, 1.54) is 5.56 Å². The molecule has 0 radical (unpaired) electrons. The van der Waals surface area contributed by atoms with Gasteiger partial charge in [0.05, 0.1) is 5.02 Å². The summed E-state index contributed by atoms with van der Waals surface area (Å²) in [6.45, 7) is 1.80. The van der Waals surface area contributed by atoms with Crippen molar-refractivity contribution in [3.63, 3.8) is 0 Å². The summed E-state index contributed by atoms with van der Waals surface area (Å²) in [5, 5.41) is 4.07. The normalized spacial score (nSPS) is 9.93. The van der Waals surface area contributed by atoms with Gasteiger partial charge in [0, 0.05) is 17.4 Å². The van der Waals surface area contributed by atoms with Gasteiger partial charge < -0.3 is 5.32 Å². The van der Waals surface area contributed by atoms with Crippen LogP contribution in [0.1, 0.15) is 18.4 Å². The molecular weight excluding hydrogens is 273 g/mol. The van der Waals surface area contributed by atoms with Crippen LogP contribution in [0.15, 0.2) is 22.7 Å². The molecule has 0 aliphatic heterocycles. The highest BCUT2D eigenvalue weighted by Crippen LogP contribution is 2.22. The third-order valence-electron chi connectivity index (χ3n) is 1.99. The van der Waals surface area contributed by atoms with Gasteiger partial charge >= 0.3 is 0 Å². The molecule has 0 aliphatic carbocycles. The molecule has 0 saturated carbocycles. The summed E-state index contributed by atoms with van der Waals surface area (Å²) in [6, 6.07) is 5.93. The Labute approximate surface area is 104 Å². The number of nitrogens with one attached hydrogen (secondary N) is 1. The zero-order valence-corrected chi connectivity index (χ0v) is 10.7. The van der Waals surface area contributed by atoms with Crippen molar-refractivity contribution in [1.82, 2.24) is 5.32 Å². The Kier molecular flexibility index (Phi) is 5.78. The highest BCUT2D eigenvalue weighted by atomic mass is 79.9. The van der Waals surface area contributed by atoms with Crippen molar-refractivity contribution < 1.29 is 0 Å². The Morgan fingerprint density at radius 3 is 2.93 bits per heavy atom. The van der Waals surface area contributed by atoms with E-state index < -0.39 is 0 Å². The Balaban J connectivity index is 2.32. The van der Waals surface area contributed by atoms with Crippen LogP contribution in [0.5, 0.6) is 0 Å². The first-order valence-electron chi connectivity index (χ1n) is 4.82. The number of terminal acetylenes is 1. The van der Waals surface area contributed by atoms with Crippen molar-refractivity contribution in [3.8, 4) is 12.3 Å². The smallest absolute Gasteiger partial charge is 0.0548 e. The molecule has 1 aromatic carbocycles. The second-order valence-electron chi connectivity index (χ2n) is 3.23. The van der Waals surface area contributed by atoms with E-state index in [-0.39, 0.29) is 0 Å². The molecule has 1 rings (SSSR count). The summed E-state index contributed by atoms with van der Waals surface area (Å²) in [5.41, 5.74) is 1.21. The molecule has 3 heteroatoms. The van der Waals surface area contributed by atoms with Gasteiger partial charge in [-0.2, -0.15) is 0 Å². The lowest BCUT2D eigenvalue weighted by molar-refractivity contribution is 0.659. The van der Waals surface area contributed by atoms with E-state index in [4.69, 9.17) is 18.0 Å². The van der Waals surface area contributed by atoms with Crippen LogP contribution < -0.4 is 5.32 Å². The van der Waals surface area contributed by atoms with E-state index in [1.807, 2.05) is 18.2 Å². The van der Waals surface area contributed by atoms with E-state index in [1.54, 1.807) is 0 Å². The molecule has 0 fully saturated rings. The van der Waals surface area contributed by atoms with Gasteiger partial charge in [-0.1, -0.05) is 17.7 Å². The van der Waals surface area contributed by atoms with Gasteiger partial charge in [-0.15, -0.1) is 12.3 Å². The molecule has 0 aromatic heterocycles. The first kappa shape index (κ1) is 12.6. The maximum Gasteiger partial charge on any atom is 0.0548 e. The monoisotopic (exact) mass is 285 g/mol. The van der Waals surface area contributed by atoms with Gasteiger partial charge in [-0.05, 0) is 46.6 Å². The van der Waals surface area contributed by atoms with Crippen molar-refractivity contribution in [2.45, 2.75) is 19.4 Å². The highest BCUT2D eigenvalue weighted by Gasteiger charge is 1.98. The Morgan fingerprint density at radius 1 is 1.47 bits per heavy atom. The fraction of sp³-hybridized carbons (Fsp3) is 0.333. The Morgan fingerprint density at radius 2 is 2.27 bits per heavy atom. The molecule has 1 nitrogen and oxygen atoms in total. The second-order valence-corrected chi connectivity index (χ2v) is 4.49. The maximum absolute atomic E-state index is 5.89. The Bertz CT molecular complexity index is 357. The fourth-order valence-electron chi connectivity index (χ4n) is 1.20. The SMILES string of the molecule is C#CCCCNCc1ccc(Cl)c(Br)c1. The first-order chi connectivity index (χ1) is 7.24. The zero-order valence-electron chi connectivity index (χ0n) is 8.39. The minimum Gasteiger partial charge on any atom is -0.313 e. The molecule has 0 bridgehead atoms. The number of hydrogen-bond acceptors (Lipinski definition) is 1. The lowest BCUT2D eigenvalue weighted by Gasteiger charge is -2.05. The predicted molar refractivity (Wildman–Crippen MR) is 68.9 cm³/mol. The van der Waals surface area contributed by atoms with E-state index in [2.05, 4.69) is 27.2 Å². The van der Waals surface area contributed by atoms with Crippen molar-refractivity contribution >= 4 is 27.5 Å². The fourth-order valence-corrected chi connectivity index (χ4v) is 1.74. The number of halogens is 2. The first-order valence-corrected chi connectivity index (χ1v) is 5.99. The maximum atomic E-state index is 5.89. The highest BCUT2D eigenvalue weighted by molar-refractivity contribution is 9.10. The van der Waals surface area contributed by atoms with Crippen LogP contribution in [0.25, 0.3) is 0 Å². The molecule has 0 spiro atoms. The molecule has 15 heavy (non-hydrogen) atoms. The third-order valence-corrected chi connectivity index (χ3v) is 3.20. The number of benzene rings is 1. The molecular formula is C12H13BrClN. The molecule has 0 unspecified atom stereocenters. The standard InChI is InChI=1S/C12H13BrClN/c1-2-3-4-7-15-9-10-5-6-12(14)11(13)8-10/h1,5-6,8,15H,3-4,7,9H2. The van der Waals surface area contributed by atoms with Crippen LogP contribution in [0.4, 0.5) is 0 Å². The van der Waals surface area contributed by atoms with Gasteiger partial charge in [-0.3, -0.25) is 0 Å². The van der Waals surface area contributed by atoms with Gasteiger partial charge in [0.25, 0.3) is 0 Å². The van der Waals surface area contributed by atoms with Gasteiger partial charge in [0.1, 0.15) is 0 Å². The molecule has 0 amide bonds. The second kappa shape index (κ2) is 6.90. The van der Waals surface area contributed by atoms with E-state index in [0.29, 0.717) is 0 Å². The summed E-state index contributed by atoms with van der Waals surface area (Å²) in [5.74, 6) is 2.62. The minimum absolute atomic E-state index is 0.742. The molecule has 0 saturated heterocycles. The largest absolute Gasteiger partial charge is 0.313 e. The predicted octanol–water partition coefficient (Wildman–Crippen LogP) is 3.61. The zero-order chi connectivity index (χ0) is 11.1. The van der Waals surface area contributed by atoms with Crippen LogP contribution in [-0.2, 0) is 6.54 Å². The lowest BCUT2D eigenvalue weighted by Crippen LogP contribution is -2.14. The van der Waals surface area contributed by atoms with Crippen LogP contribution >= 0.6 is 27.5 Å². The molecule has 0 aliphatic rings. The van der Waals surface area contributed by atoms with Crippen LogP contribution in [0, 0.1) is 12.3 Å². The summed E-state index contributed by atoms with van der Waals surface area (Å²) in [4.78, 5) is 0. The number of rotatable bonds is 5. The summed E-state index contributed by atoms with van der Waals surface area (Å²) in [7, 11) is 0. The average Bonchev–Trinajstić information content (AvgIpc) is 2.23. The quantitative estimate of drug-likeness (QED) is 0.644. The molecule has 0 heterocycles. The lowest BCUT2D eigenvalue weighted by atomic mass is 10.2. The molecule has 80 valence electrons. The van der Waals surface area contributed by atoms with Crippen LogP contribution in [0.2, 0.25) is 5.02 Å². The Hall–Kier alpha value is -0.490. The van der Waals surface area contributed by atoms with Crippen molar-refractivity contribution in [1.29, 1.82) is 0 Å². The summed E-state index contributed by atoms with van der Waals surface area (Å²) in [6.07, 6.45) is 7.01. The molecule has 0 atom stereocenters. The van der Waals surface area contributed by atoms with Gasteiger partial charge in [0.2, 0.25) is 0 Å². The summed E-state index contributed by atoms with van der Waals surface area (Å²) >= 11 is 9.29. The van der Waals surface area contributed by atoms with Gasteiger partial charge in [0.15, 0.2) is 0 Å². The van der Waals surface area contributed by atoms with E-state index in [0.717, 1.165) is 35.4 Å². The summed E-state index contributed by atoms with van der Waals surface area (Å²) < 4.78 is 0.937. The number of hydrogen-bond donors (Lipinski definition) is 1. The topological polar surface area (TPSA) is 12.0 Å². The number of unbranched alkanes of at least 4 members (excludes halogenated alkanes) is 1. The van der Waals surface area contributed by atoms with Crippen molar-refractivity contribution in [2.75, 3.05) is 6.54 Å². The van der Waals surface area contributed by atoms with Crippen LogP contribution in [0.3, 0.4) is 0 Å². The van der Waals surface area contributed by atoms with Gasteiger partial charge in [-0.25, -0.2) is 0 Å². The molecule has 1 aromatic rings. The van der Waals surface area contributed by atoms with Crippen molar-refractivity contribution in [3.05, 3.63) is 33.3 Å². The van der Waals surface area contributed by atoms with Crippen molar-refractivity contribution in [2.24, 2.45) is 0 Å². The van der Waals surface area contributed by atoms with E-state index >= 15 is 0 Å². The van der Waals surface area contributed by atoms with Crippen LogP contribution in [-0.4, -0.2) is 6.54 Å². The third kappa shape index (κ3) is 4.70. The molecule has 1 N–H and O–H groups in total. The van der Waals surface area contributed by atoms with E-state index in [9.17, 15) is 0 Å². The minimum atomic E-state index is 0.742.